The lowest BCUT2D eigenvalue weighted by molar-refractivity contribution is 1.28. The van der Waals surface area contributed by atoms with Crippen molar-refractivity contribution in [2.24, 2.45) is 0 Å². The molecule has 0 aliphatic heterocycles. The van der Waals surface area contributed by atoms with Gasteiger partial charge in [0.2, 0.25) is 0 Å². The fraction of sp³-hybridized carbons (Fsp3) is 0. The van der Waals surface area contributed by atoms with Crippen LogP contribution in [0.3, 0.4) is 0 Å². The van der Waals surface area contributed by atoms with Crippen molar-refractivity contribution in [3.8, 4) is 0 Å². The van der Waals surface area contributed by atoms with Crippen LogP contribution in [-0.4, -0.2) is 22.8 Å². The molecule has 52 valence electrons. The molecule has 0 bridgehead atoms. The lowest BCUT2D eigenvalue weighted by Crippen LogP contribution is -2.04. The van der Waals surface area contributed by atoms with Crippen LogP contribution in [0.4, 0.5) is 0 Å². The summed E-state index contributed by atoms with van der Waals surface area (Å²) in [5.74, 6) is 0. The number of aromatic amines is 1. The first-order valence-electron chi connectivity index (χ1n) is 3.06. The van der Waals surface area contributed by atoms with Gasteiger partial charge in [0, 0.05) is 11.1 Å². The lowest BCUT2D eigenvalue weighted by Gasteiger charge is -1.87. The smallest absolute Gasteiger partial charge is 0.176 e. The van der Waals surface area contributed by atoms with E-state index in [9.17, 15) is 0 Å². The van der Waals surface area contributed by atoms with Gasteiger partial charge in [-0.2, -0.15) is 0 Å². The zero-order chi connectivity index (χ0) is 7.84. The molecule has 2 radical (unpaired) electrons. The maximum Gasteiger partial charge on any atom is 0.176 e. The van der Waals surface area contributed by atoms with E-state index in [4.69, 9.17) is 7.85 Å². The Morgan fingerprint density at radius 2 is 2.36 bits per heavy atom. The molecule has 0 spiro atoms. The number of H-pyrrole nitrogens is 1. The van der Waals surface area contributed by atoms with Gasteiger partial charge >= 0.3 is 0 Å². The lowest BCUT2D eigenvalue weighted by atomic mass is 10.1. The molecule has 2 heterocycles. The maximum atomic E-state index is 5.41. The van der Waals surface area contributed by atoms with Crippen molar-refractivity contribution in [2.45, 2.75) is 4.90 Å². The highest BCUT2D eigenvalue weighted by atomic mass is 32.1. The number of hydrogen-bond donors (Lipinski definition) is 2. The Balaban J connectivity index is 2.82. The van der Waals surface area contributed by atoms with Gasteiger partial charge in [0.1, 0.15) is 0 Å². The molecule has 3 nitrogen and oxygen atoms in total. The van der Waals surface area contributed by atoms with E-state index in [1.165, 1.54) is 0 Å². The normalized spacial score (nSPS) is 10.6. The van der Waals surface area contributed by atoms with Crippen LogP contribution < -0.4 is 5.72 Å². The fourth-order valence-corrected chi connectivity index (χ4v) is 1.09. The Morgan fingerprint density at radius 3 is 3.18 bits per heavy atom. The maximum absolute atomic E-state index is 5.41. The van der Waals surface area contributed by atoms with Crippen LogP contribution in [0, 0.1) is 0 Å². The second kappa shape index (κ2) is 2.27. The third-order valence-corrected chi connectivity index (χ3v) is 1.59. The highest BCUT2D eigenvalue weighted by Crippen LogP contribution is 2.09. The molecule has 0 amide bonds. The summed E-state index contributed by atoms with van der Waals surface area (Å²) in [6.45, 7) is 0. The molecule has 0 saturated carbocycles. The minimum Gasteiger partial charge on any atom is -0.350 e. The largest absolute Gasteiger partial charge is 0.350 e. The van der Waals surface area contributed by atoms with Gasteiger partial charge in [0.25, 0.3) is 0 Å². The Labute approximate surface area is 70.1 Å². The molecule has 0 fully saturated rings. The van der Waals surface area contributed by atoms with Gasteiger partial charge in [-0.1, -0.05) is 0 Å². The van der Waals surface area contributed by atoms with Crippen LogP contribution in [-0.2, 0) is 0 Å². The number of nitrogens with zero attached hydrogens (tertiary/aromatic N) is 2. The van der Waals surface area contributed by atoms with E-state index in [0.29, 0.717) is 11.4 Å². The summed E-state index contributed by atoms with van der Waals surface area (Å²) in [6, 6.07) is 1.83. The highest BCUT2D eigenvalue weighted by molar-refractivity contribution is 7.80. The van der Waals surface area contributed by atoms with Crippen LogP contribution in [0.5, 0.6) is 0 Å². The van der Waals surface area contributed by atoms with Gasteiger partial charge in [0.15, 0.2) is 13.5 Å². The molecular weight excluding hydrogens is 157 g/mol. The second-order valence-electron chi connectivity index (χ2n) is 2.19. The molecule has 2 aromatic heterocycles. The molecule has 0 atom stereocenters. The van der Waals surface area contributed by atoms with Crippen molar-refractivity contribution in [3.63, 3.8) is 0 Å². The first-order chi connectivity index (χ1) is 5.25. The summed E-state index contributed by atoms with van der Waals surface area (Å²) < 4.78 is 0. The molecule has 0 aliphatic rings. The van der Waals surface area contributed by atoms with Crippen LogP contribution in [0.25, 0.3) is 11.2 Å². The molecule has 0 saturated heterocycles. The molecule has 2 rings (SSSR count). The van der Waals surface area contributed by atoms with E-state index in [-0.39, 0.29) is 0 Å². The van der Waals surface area contributed by atoms with E-state index in [0.717, 1.165) is 10.4 Å². The summed E-state index contributed by atoms with van der Waals surface area (Å²) in [4.78, 5) is 11.6. The minimum absolute atomic E-state index is 0.381. The van der Waals surface area contributed by atoms with E-state index in [1.54, 1.807) is 6.20 Å². The summed E-state index contributed by atoms with van der Waals surface area (Å²) in [6.07, 6.45) is 1.63. The number of imidazole rings is 1. The van der Waals surface area contributed by atoms with E-state index >= 15 is 0 Å². The summed E-state index contributed by atoms with van der Waals surface area (Å²) in [5.41, 5.74) is 1.82. The summed E-state index contributed by atoms with van der Waals surface area (Å²) in [7, 11) is 5.41. The van der Waals surface area contributed by atoms with E-state index < -0.39 is 0 Å². The van der Waals surface area contributed by atoms with Gasteiger partial charge in [0.05, 0.1) is 11.2 Å². The number of hydrogen-bond acceptors (Lipinski definition) is 3. The van der Waals surface area contributed by atoms with E-state index in [1.807, 2.05) is 6.07 Å². The van der Waals surface area contributed by atoms with Gasteiger partial charge in [-0.25, -0.2) is 9.97 Å². The Kier molecular flexibility index (Phi) is 1.39. The van der Waals surface area contributed by atoms with Gasteiger partial charge in [-0.15, -0.1) is 12.6 Å². The highest BCUT2D eigenvalue weighted by Gasteiger charge is 1.98. The molecule has 0 aliphatic carbocycles. The number of aromatic nitrogens is 3. The SMILES string of the molecule is [B]c1nc2ncc(S)cc2[nH]1. The number of pyridine rings is 1. The second-order valence-corrected chi connectivity index (χ2v) is 2.70. The number of fused-ring (bicyclic) bond motifs is 1. The minimum atomic E-state index is 0.381. The van der Waals surface area contributed by atoms with Crippen LogP contribution in [0.15, 0.2) is 17.2 Å². The average molecular weight is 161 g/mol. The summed E-state index contributed by atoms with van der Waals surface area (Å²) in [5, 5.41) is 0. The van der Waals surface area contributed by atoms with Crippen molar-refractivity contribution in [1.82, 2.24) is 15.0 Å². The van der Waals surface area contributed by atoms with Gasteiger partial charge < -0.3 is 4.98 Å². The predicted molar refractivity (Wildman–Crippen MR) is 46.5 cm³/mol. The molecule has 11 heavy (non-hydrogen) atoms. The quantitative estimate of drug-likeness (QED) is 0.423. The fourth-order valence-electron chi connectivity index (χ4n) is 0.908. The zero-order valence-corrected chi connectivity index (χ0v) is 6.47. The summed E-state index contributed by atoms with van der Waals surface area (Å²) >= 11 is 4.12. The Hall–Kier alpha value is -0.965. The molecular formula is C6H4BN3S. The van der Waals surface area contributed by atoms with Gasteiger partial charge in [-0.3, -0.25) is 0 Å². The van der Waals surface area contributed by atoms with Crippen LogP contribution in [0.1, 0.15) is 0 Å². The van der Waals surface area contributed by atoms with Crippen molar-refractivity contribution < 1.29 is 0 Å². The average Bonchev–Trinajstić information content (AvgIpc) is 2.27. The van der Waals surface area contributed by atoms with Crippen molar-refractivity contribution in [2.75, 3.05) is 0 Å². The number of nitrogens with one attached hydrogen (secondary N) is 1. The standard InChI is InChI=1S/C6H4BN3S/c7-6-9-4-1-3(11)2-8-5(4)10-6/h1-2,11H,(H,8,9,10). The first-order valence-corrected chi connectivity index (χ1v) is 3.50. The van der Waals surface area contributed by atoms with Crippen molar-refractivity contribution in [3.05, 3.63) is 12.3 Å². The number of rotatable bonds is 0. The third-order valence-electron chi connectivity index (χ3n) is 1.34. The van der Waals surface area contributed by atoms with Crippen LogP contribution >= 0.6 is 12.6 Å². The zero-order valence-electron chi connectivity index (χ0n) is 5.57. The van der Waals surface area contributed by atoms with Crippen molar-refractivity contribution in [1.29, 1.82) is 0 Å². The van der Waals surface area contributed by atoms with Gasteiger partial charge in [-0.05, 0) is 6.07 Å². The topological polar surface area (TPSA) is 41.6 Å². The third kappa shape index (κ3) is 1.11. The Morgan fingerprint density at radius 1 is 1.55 bits per heavy atom. The van der Waals surface area contributed by atoms with E-state index in [2.05, 4.69) is 27.6 Å². The molecule has 1 N–H and O–H groups in total. The first kappa shape index (κ1) is 6.73. The van der Waals surface area contributed by atoms with Crippen LogP contribution in [0.2, 0.25) is 0 Å². The molecule has 2 aromatic rings. The molecule has 0 unspecified atom stereocenters. The monoisotopic (exact) mass is 161 g/mol. The molecule has 5 heteroatoms. The molecule has 0 aromatic carbocycles. The Bertz CT molecular complexity index is 398. The van der Waals surface area contributed by atoms with Crippen molar-refractivity contribution >= 4 is 37.4 Å². The number of thiol groups is 1. The predicted octanol–water partition coefficient (Wildman–Crippen LogP) is 0.0404.